The Balaban J connectivity index is 1.41. The van der Waals surface area contributed by atoms with E-state index in [9.17, 15) is 4.39 Å². The minimum absolute atomic E-state index is 0.0362. The molecule has 0 saturated heterocycles. The largest absolute Gasteiger partial charge is 0.472 e. The molecule has 4 aromatic rings. The standard InChI is InChI=1S/C22H25FN8O/c1-13-25-11-18(23)22(28-13)32-16-6-4-15(5-7-16)31-19-8-20(24-2)26-10-17(19)21(29-31)14-9-27-30(3)12-14/h8-12,15-16H,4-7H2,1-3H3,(H,24,26)/t15-,16+. The lowest BCUT2D eigenvalue weighted by molar-refractivity contribution is 0.120. The van der Waals surface area contributed by atoms with Gasteiger partial charge in [0.15, 0.2) is 0 Å². The van der Waals surface area contributed by atoms with Crippen molar-refractivity contribution >= 4 is 16.7 Å². The van der Waals surface area contributed by atoms with Crippen molar-refractivity contribution < 1.29 is 9.13 Å². The van der Waals surface area contributed by atoms with Crippen molar-refractivity contribution in [3.63, 3.8) is 0 Å². The Bertz CT molecular complexity index is 1260. The molecule has 5 rings (SSSR count). The predicted octanol–water partition coefficient (Wildman–Crippen LogP) is 3.67. The molecule has 0 radical (unpaired) electrons. The molecule has 0 spiro atoms. The van der Waals surface area contributed by atoms with Gasteiger partial charge >= 0.3 is 0 Å². The Kier molecular flexibility index (Phi) is 5.20. The van der Waals surface area contributed by atoms with Crippen LogP contribution in [-0.2, 0) is 7.05 Å². The number of hydrogen-bond donors (Lipinski definition) is 1. The fourth-order valence-corrected chi connectivity index (χ4v) is 4.29. The zero-order valence-electron chi connectivity index (χ0n) is 18.3. The molecule has 0 atom stereocenters. The highest BCUT2D eigenvalue weighted by molar-refractivity contribution is 5.93. The van der Waals surface area contributed by atoms with Gasteiger partial charge in [0.2, 0.25) is 5.82 Å². The van der Waals surface area contributed by atoms with Crippen LogP contribution in [0.2, 0.25) is 0 Å². The smallest absolute Gasteiger partial charge is 0.254 e. The second-order valence-corrected chi connectivity index (χ2v) is 8.15. The molecule has 1 aliphatic carbocycles. The molecule has 32 heavy (non-hydrogen) atoms. The topological polar surface area (TPSA) is 95.6 Å². The molecule has 0 bridgehead atoms. The molecule has 4 aromatic heterocycles. The van der Waals surface area contributed by atoms with Crippen molar-refractivity contribution in [1.29, 1.82) is 0 Å². The quantitative estimate of drug-likeness (QED) is 0.510. The normalized spacial score (nSPS) is 18.8. The predicted molar refractivity (Wildman–Crippen MR) is 118 cm³/mol. The first-order valence-electron chi connectivity index (χ1n) is 10.7. The fraction of sp³-hybridized carbons (Fsp3) is 0.409. The average molecular weight is 436 g/mol. The van der Waals surface area contributed by atoms with Crippen molar-refractivity contribution in [3.8, 4) is 17.1 Å². The Morgan fingerprint density at radius 1 is 1.12 bits per heavy atom. The van der Waals surface area contributed by atoms with Gasteiger partial charge in [-0.1, -0.05) is 0 Å². The number of aryl methyl sites for hydroxylation is 2. The summed E-state index contributed by atoms with van der Waals surface area (Å²) in [7, 11) is 3.75. The first kappa shape index (κ1) is 20.3. The van der Waals surface area contributed by atoms with Gasteiger partial charge in [-0.25, -0.2) is 9.97 Å². The minimum Gasteiger partial charge on any atom is -0.472 e. The van der Waals surface area contributed by atoms with Gasteiger partial charge in [-0.3, -0.25) is 9.36 Å². The number of pyridine rings is 1. The third-order valence-electron chi connectivity index (χ3n) is 5.93. The summed E-state index contributed by atoms with van der Waals surface area (Å²) in [6, 6.07) is 2.25. The average Bonchev–Trinajstić information content (AvgIpc) is 3.40. The van der Waals surface area contributed by atoms with E-state index in [4.69, 9.17) is 9.84 Å². The van der Waals surface area contributed by atoms with Crippen LogP contribution in [0.3, 0.4) is 0 Å². The highest BCUT2D eigenvalue weighted by atomic mass is 19.1. The highest BCUT2D eigenvalue weighted by Gasteiger charge is 2.28. The Morgan fingerprint density at radius 3 is 2.66 bits per heavy atom. The molecule has 0 aromatic carbocycles. The molecule has 0 unspecified atom stereocenters. The van der Waals surface area contributed by atoms with Gasteiger partial charge in [0.1, 0.15) is 23.4 Å². The molecule has 1 saturated carbocycles. The summed E-state index contributed by atoms with van der Waals surface area (Å²) in [5.41, 5.74) is 2.87. The molecule has 0 aliphatic heterocycles. The van der Waals surface area contributed by atoms with Gasteiger partial charge in [-0.15, -0.1) is 0 Å². The number of ether oxygens (including phenoxy) is 1. The number of rotatable bonds is 5. The maximum absolute atomic E-state index is 14.0. The van der Waals surface area contributed by atoms with E-state index < -0.39 is 5.82 Å². The zero-order valence-corrected chi connectivity index (χ0v) is 18.3. The van der Waals surface area contributed by atoms with Gasteiger partial charge in [-0.05, 0) is 32.6 Å². The van der Waals surface area contributed by atoms with Crippen LogP contribution in [0, 0.1) is 12.7 Å². The summed E-state index contributed by atoms with van der Waals surface area (Å²) >= 11 is 0. The van der Waals surface area contributed by atoms with Crippen molar-refractivity contribution in [2.24, 2.45) is 7.05 Å². The van der Waals surface area contributed by atoms with Crippen LogP contribution < -0.4 is 10.1 Å². The molecule has 166 valence electrons. The lowest BCUT2D eigenvalue weighted by atomic mass is 9.93. The van der Waals surface area contributed by atoms with Crippen LogP contribution in [0.15, 0.2) is 30.9 Å². The first-order valence-corrected chi connectivity index (χ1v) is 10.7. The van der Waals surface area contributed by atoms with Gasteiger partial charge in [0.05, 0.1) is 24.0 Å². The van der Waals surface area contributed by atoms with E-state index in [0.29, 0.717) is 5.82 Å². The number of halogens is 1. The minimum atomic E-state index is -0.524. The van der Waals surface area contributed by atoms with E-state index in [1.54, 1.807) is 11.6 Å². The summed E-state index contributed by atoms with van der Waals surface area (Å²) in [5.74, 6) is 0.802. The maximum atomic E-state index is 14.0. The zero-order chi connectivity index (χ0) is 22.2. The van der Waals surface area contributed by atoms with Gasteiger partial charge in [0, 0.05) is 43.5 Å². The van der Waals surface area contributed by atoms with E-state index in [2.05, 4.69) is 30.0 Å². The van der Waals surface area contributed by atoms with Crippen LogP contribution in [0.4, 0.5) is 10.2 Å². The second-order valence-electron chi connectivity index (χ2n) is 8.15. The monoisotopic (exact) mass is 436 g/mol. The van der Waals surface area contributed by atoms with Crippen molar-refractivity contribution in [1.82, 2.24) is 34.5 Å². The SMILES string of the molecule is CNc1cc2c(cn1)c(-c1cnn(C)c1)nn2[C@H]1CC[C@@H](Oc2nc(C)ncc2F)CC1. The molecular weight excluding hydrogens is 411 g/mol. The van der Waals surface area contributed by atoms with Crippen LogP contribution in [0.25, 0.3) is 22.2 Å². The summed E-state index contributed by atoms with van der Waals surface area (Å²) < 4.78 is 23.7. The summed E-state index contributed by atoms with van der Waals surface area (Å²) in [4.78, 5) is 12.4. The molecule has 10 heteroatoms. The lowest BCUT2D eigenvalue weighted by Gasteiger charge is -2.29. The first-order chi connectivity index (χ1) is 15.5. The van der Waals surface area contributed by atoms with Gasteiger partial charge in [0.25, 0.3) is 5.88 Å². The van der Waals surface area contributed by atoms with Crippen LogP contribution in [0.1, 0.15) is 37.5 Å². The van der Waals surface area contributed by atoms with Crippen LogP contribution in [0.5, 0.6) is 5.88 Å². The van der Waals surface area contributed by atoms with E-state index in [0.717, 1.165) is 59.9 Å². The second kappa shape index (κ2) is 8.18. The van der Waals surface area contributed by atoms with Crippen LogP contribution >= 0.6 is 0 Å². The number of nitrogens with zero attached hydrogens (tertiary/aromatic N) is 7. The number of hydrogen-bond acceptors (Lipinski definition) is 7. The van der Waals surface area contributed by atoms with Crippen molar-refractivity contribution in [2.45, 2.75) is 44.8 Å². The fourth-order valence-electron chi connectivity index (χ4n) is 4.29. The lowest BCUT2D eigenvalue weighted by Crippen LogP contribution is -2.27. The van der Waals surface area contributed by atoms with Crippen molar-refractivity contribution in [3.05, 3.63) is 42.5 Å². The molecule has 1 aliphatic rings. The Hall–Kier alpha value is -3.56. The van der Waals surface area contributed by atoms with Crippen LogP contribution in [-0.4, -0.2) is 47.7 Å². The summed E-state index contributed by atoms with van der Waals surface area (Å²) in [5, 5.41) is 13.4. The number of anilines is 1. The van der Waals surface area contributed by atoms with E-state index in [1.807, 2.05) is 38.8 Å². The molecule has 4 heterocycles. The Morgan fingerprint density at radius 2 is 1.94 bits per heavy atom. The maximum Gasteiger partial charge on any atom is 0.254 e. The molecule has 0 amide bonds. The third-order valence-corrected chi connectivity index (χ3v) is 5.93. The molecule has 1 fully saturated rings. The Labute approximate surface area is 184 Å². The molecular formula is C22H25FN8O. The van der Waals surface area contributed by atoms with Gasteiger partial charge < -0.3 is 10.1 Å². The van der Waals surface area contributed by atoms with E-state index in [1.165, 1.54) is 0 Å². The third kappa shape index (κ3) is 3.76. The van der Waals surface area contributed by atoms with E-state index in [-0.39, 0.29) is 18.0 Å². The highest BCUT2D eigenvalue weighted by Crippen LogP contribution is 2.36. The van der Waals surface area contributed by atoms with Gasteiger partial charge in [-0.2, -0.15) is 19.6 Å². The summed E-state index contributed by atoms with van der Waals surface area (Å²) in [6.07, 6.45) is 10.1. The van der Waals surface area contributed by atoms with Crippen molar-refractivity contribution in [2.75, 3.05) is 12.4 Å². The summed E-state index contributed by atoms with van der Waals surface area (Å²) in [6.45, 7) is 1.72. The number of aromatic nitrogens is 7. The number of fused-ring (bicyclic) bond motifs is 1. The molecule has 1 N–H and O–H groups in total. The molecule has 9 nitrogen and oxygen atoms in total. The van der Waals surface area contributed by atoms with E-state index >= 15 is 0 Å². The number of nitrogens with one attached hydrogen (secondary N) is 1.